The zero-order valence-corrected chi connectivity index (χ0v) is 43.0. The highest BCUT2D eigenvalue weighted by Gasteiger charge is 2.21. The molecule has 0 amide bonds. The summed E-state index contributed by atoms with van der Waals surface area (Å²) in [4.78, 5) is 37.5. The van der Waals surface area contributed by atoms with Crippen LogP contribution in [0.3, 0.4) is 0 Å². The van der Waals surface area contributed by atoms with E-state index in [1.165, 1.54) is 38.5 Å². The van der Waals surface area contributed by atoms with E-state index in [0.717, 1.165) is 96.3 Å². The van der Waals surface area contributed by atoms with Gasteiger partial charge in [-0.1, -0.05) is 187 Å². The summed E-state index contributed by atoms with van der Waals surface area (Å²) in [6.07, 6.45) is 65.4. The number of esters is 2. The zero-order chi connectivity index (χ0) is 48.5. The van der Waals surface area contributed by atoms with Gasteiger partial charge in [-0.25, -0.2) is 0 Å². The molecule has 2 unspecified atom stereocenters. The number of rotatable bonds is 44. The van der Waals surface area contributed by atoms with E-state index in [1.54, 1.807) is 0 Å². The fourth-order valence-corrected chi connectivity index (χ4v) is 6.82. The lowest BCUT2D eigenvalue weighted by Gasteiger charge is -2.28. The van der Waals surface area contributed by atoms with Crippen molar-refractivity contribution in [2.75, 3.05) is 47.5 Å². The van der Waals surface area contributed by atoms with Crippen LogP contribution in [0.15, 0.2) is 122 Å². The van der Waals surface area contributed by atoms with Gasteiger partial charge in [-0.05, 0) is 89.9 Å². The van der Waals surface area contributed by atoms with Gasteiger partial charge in [0.15, 0.2) is 6.10 Å². The molecular weight excluding hydrogens is 846 g/mol. The van der Waals surface area contributed by atoms with Gasteiger partial charge in [0.2, 0.25) is 0 Å². The Morgan fingerprint density at radius 3 is 1.29 bits per heavy atom. The molecule has 0 radical (unpaired) electrons. The Morgan fingerprint density at radius 1 is 0.485 bits per heavy atom. The van der Waals surface area contributed by atoms with Crippen LogP contribution in [0, 0.1) is 0 Å². The predicted octanol–water partition coefficient (Wildman–Crippen LogP) is 14.6. The first-order chi connectivity index (χ1) is 32.0. The van der Waals surface area contributed by atoms with E-state index in [-0.39, 0.29) is 26.1 Å². The second kappa shape index (κ2) is 46.5. The Bertz CT molecular complexity index is 1530. The largest absolute Gasteiger partial charge is 0.756 e. The maximum absolute atomic E-state index is 12.7. The molecule has 0 bridgehead atoms. The topological polar surface area (TPSA) is 111 Å². The minimum atomic E-state index is -4.64. The first-order valence-electron chi connectivity index (χ1n) is 25.2. The highest BCUT2D eigenvalue weighted by Crippen LogP contribution is 2.38. The van der Waals surface area contributed by atoms with Crippen molar-refractivity contribution in [3.05, 3.63) is 122 Å². The number of allylic oxidation sites excluding steroid dienone is 20. The van der Waals surface area contributed by atoms with E-state index in [4.69, 9.17) is 18.5 Å². The number of hydrogen-bond acceptors (Lipinski definition) is 8. The lowest BCUT2D eigenvalue weighted by molar-refractivity contribution is -0.870. The van der Waals surface area contributed by atoms with Crippen LogP contribution in [-0.4, -0.2) is 70.0 Å². The van der Waals surface area contributed by atoms with Gasteiger partial charge in [0, 0.05) is 12.8 Å². The molecular formula is C56H92NO8P. The Kier molecular flexibility index (Phi) is 44.0. The Balaban J connectivity index is 4.27. The number of unbranched alkanes of at least 4 members (excludes halogenated alkanes) is 10. The van der Waals surface area contributed by atoms with Gasteiger partial charge in [0.25, 0.3) is 7.82 Å². The standard InChI is InChI=1S/C56H92NO8P/c1-6-8-10-12-14-16-17-18-19-20-21-22-23-24-25-26-27-28-29-30-31-32-33-34-35-36-37-38-39-41-43-45-47-49-56(59)65-54(53-64-66(60,61)63-51-50-57(3,4)5)52-62-55(58)48-46-44-42-40-15-13-11-9-7-2/h8,10,14,16,18-19,21-22,24-25,27-28,30-31,33-34,36-37,39,41,54H,6-7,9,11-13,15,17,20,23,26,29,32,35,38,40,42-53H2,1-5H3/b10-8-,16-14-,19-18-,22-21-,25-24-,28-27-,31-30-,34-33-,37-36-,41-39-. The van der Waals surface area contributed by atoms with E-state index in [0.29, 0.717) is 17.4 Å². The van der Waals surface area contributed by atoms with E-state index < -0.39 is 32.5 Å². The number of quaternary nitrogens is 1. The minimum Gasteiger partial charge on any atom is -0.756 e. The summed E-state index contributed by atoms with van der Waals surface area (Å²) < 4.78 is 33.8. The molecule has 0 aliphatic heterocycles. The summed E-state index contributed by atoms with van der Waals surface area (Å²) in [5.41, 5.74) is 0. The molecule has 0 aromatic carbocycles. The quantitative estimate of drug-likeness (QED) is 0.0195. The van der Waals surface area contributed by atoms with Crippen LogP contribution in [0.25, 0.3) is 0 Å². The Morgan fingerprint density at radius 2 is 0.864 bits per heavy atom. The van der Waals surface area contributed by atoms with Crippen LogP contribution in [0.2, 0.25) is 0 Å². The van der Waals surface area contributed by atoms with Crippen LogP contribution >= 0.6 is 7.82 Å². The molecule has 0 heterocycles. The number of likely N-dealkylation sites (N-methyl/N-ethyl adjacent to an activating group) is 1. The first kappa shape index (κ1) is 62.4. The summed E-state index contributed by atoms with van der Waals surface area (Å²) in [5.74, 6) is -0.899. The molecule has 0 aliphatic carbocycles. The van der Waals surface area contributed by atoms with Crippen molar-refractivity contribution < 1.29 is 42.1 Å². The van der Waals surface area contributed by atoms with Crippen molar-refractivity contribution in [1.82, 2.24) is 0 Å². The van der Waals surface area contributed by atoms with Crippen molar-refractivity contribution in [3.8, 4) is 0 Å². The average molecular weight is 938 g/mol. The molecule has 0 aromatic heterocycles. The van der Waals surface area contributed by atoms with Crippen molar-refractivity contribution in [1.29, 1.82) is 0 Å². The fourth-order valence-electron chi connectivity index (χ4n) is 6.09. The second-order valence-electron chi connectivity index (χ2n) is 17.5. The molecule has 0 aliphatic rings. The summed E-state index contributed by atoms with van der Waals surface area (Å²) in [5, 5.41) is 0. The molecule has 0 aromatic rings. The average Bonchev–Trinajstić information content (AvgIpc) is 3.27. The lowest BCUT2D eigenvalue weighted by atomic mass is 10.1. The highest BCUT2D eigenvalue weighted by molar-refractivity contribution is 7.45. The molecule has 0 saturated heterocycles. The maximum atomic E-state index is 12.7. The molecule has 0 saturated carbocycles. The van der Waals surface area contributed by atoms with Gasteiger partial charge in [0.05, 0.1) is 27.7 Å². The van der Waals surface area contributed by atoms with Crippen molar-refractivity contribution in [3.63, 3.8) is 0 Å². The van der Waals surface area contributed by atoms with Crippen LogP contribution in [0.4, 0.5) is 0 Å². The smallest absolute Gasteiger partial charge is 0.306 e. The van der Waals surface area contributed by atoms with Gasteiger partial charge in [-0.15, -0.1) is 0 Å². The highest BCUT2D eigenvalue weighted by atomic mass is 31.2. The number of carbonyl (C=O) groups is 2. The van der Waals surface area contributed by atoms with Gasteiger partial charge >= 0.3 is 11.9 Å². The number of hydrogen-bond donors (Lipinski definition) is 0. The minimum absolute atomic E-state index is 0.0454. The number of ether oxygens (including phenoxy) is 2. The van der Waals surface area contributed by atoms with Crippen molar-refractivity contribution in [2.24, 2.45) is 0 Å². The third-order valence-electron chi connectivity index (χ3n) is 10.00. The normalized spacial score (nSPS) is 14.5. The van der Waals surface area contributed by atoms with Crippen LogP contribution in [-0.2, 0) is 32.7 Å². The number of carbonyl (C=O) groups excluding carboxylic acids is 2. The summed E-state index contributed by atoms with van der Waals surface area (Å²) in [6.45, 7) is 4.01. The first-order valence-corrected chi connectivity index (χ1v) is 26.7. The summed E-state index contributed by atoms with van der Waals surface area (Å²) in [6, 6.07) is 0. The van der Waals surface area contributed by atoms with Crippen molar-refractivity contribution in [2.45, 2.75) is 174 Å². The maximum Gasteiger partial charge on any atom is 0.306 e. The molecule has 9 nitrogen and oxygen atoms in total. The lowest BCUT2D eigenvalue weighted by Crippen LogP contribution is -2.37. The third-order valence-corrected chi connectivity index (χ3v) is 11.0. The molecule has 0 N–H and O–H groups in total. The van der Waals surface area contributed by atoms with Crippen molar-refractivity contribution >= 4 is 19.8 Å². The van der Waals surface area contributed by atoms with E-state index in [2.05, 4.69) is 135 Å². The Hall–Kier alpha value is -3.59. The predicted molar refractivity (Wildman–Crippen MR) is 277 cm³/mol. The SMILES string of the molecule is CC/C=C\C/C=C\C/C=C\C/C=C\C/C=C\C/C=C\C/C=C\C/C=C\C/C=C\C/C=C\CCCCC(=O)OC(COC(=O)CCCCCCCCCCC)COP(=O)([O-])OCC[N+](C)(C)C. The molecule has 0 fully saturated rings. The van der Waals surface area contributed by atoms with E-state index in [1.807, 2.05) is 21.1 Å². The van der Waals surface area contributed by atoms with E-state index >= 15 is 0 Å². The summed E-state index contributed by atoms with van der Waals surface area (Å²) in [7, 11) is 1.12. The molecule has 374 valence electrons. The van der Waals surface area contributed by atoms with Crippen LogP contribution < -0.4 is 4.89 Å². The number of phosphoric ester groups is 1. The number of phosphoric acid groups is 1. The van der Waals surface area contributed by atoms with Crippen LogP contribution in [0.5, 0.6) is 0 Å². The van der Waals surface area contributed by atoms with Gasteiger partial charge < -0.3 is 27.9 Å². The molecule has 10 heteroatoms. The Labute approximate surface area is 403 Å². The second-order valence-corrected chi connectivity index (χ2v) is 18.9. The van der Waals surface area contributed by atoms with Gasteiger partial charge in [-0.2, -0.15) is 0 Å². The number of nitrogens with zero attached hydrogens (tertiary/aromatic N) is 1. The van der Waals surface area contributed by atoms with Crippen LogP contribution in [0.1, 0.15) is 168 Å². The fraction of sp³-hybridized carbons (Fsp3) is 0.607. The third kappa shape index (κ3) is 49.8. The molecule has 0 rings (SSSR count). The molecule has 0 spiro atoms. The summed E-state index contributed by atoms with van der Waals surface area (Å²) >= 11 is 0. The molecule has 2 atom stereocenters. The van der Waals surface area contributed by atoms with E-state index in [9.17, 15) is 19.0 Å². The van der Waals surface area contributed by atoms with Gasteiger partial charge in [-0.3, -0.25) is 14.2 Å². The van der Waals surface area contributed by atoms with Gasteiger partial charge in [0.1, 0.15) is 19.8 Å². The monoisotopic (exact) mass is 938 g/mol. The molecule has 66 heavy (non-hydrogen) atoms. The zero-order valence-electron chi connectivity index (χ0n) is 42.1.